The first-order valence-corrected chi connectivity index (χ1v) is 9.59. The molecule has 29 heavy (non-hydrogen) atoms. The van der Waals surface area contributed by atoms with Gasteiger partial charge in [-0.3, -0.25) is 19.3 Å². The molecule has 1 saturated heterocycles. The van der Waals surface area contributed by atoms with E-state index in [9.17, 15) is 14.7 Å². The molecule has 8 nitrogen and oxygen atoms in total. The Kier molecular flexibility index (Phi) is 5.02. The zero-order valence-electron chi connectivity index (χ0n) is 16.2. The van der Waals surface area contributed by atoms with Gasteiger partial charge in [-0.25, -0.2) is 0 Å². The van der Waals surface area contributed by atoms with Gasteiger partial charge in [-0.15, -0.1) is 0 Å². The highest BCUT2D eigenvalue weighted by atomic mass is 16.3. The van der Waals surface area contributed by atoms with Crippen molar-refractivity contribution in [1.82, 2.24) is 19.7 Å². The van der Waals surface area contributed by atoms with E-state index in [1.807, 2.05) is 18.2 Å². The predicted octanol–water partition coefficient (Wildman–Crippen LogP) is 2.06. The van der Waals surface area contributed by atoms with Gasteiger partial charge in [-0.05, 0) is 43.2 Å². The molecule has 2 amide bonds. The molecule has 4 rings (SSSR count). The van der Waals surface area contributed by atoms with E-state index in [0.29, 0.717) is 43.9 Å². The Morgan fingerprint density at radius 3 is 2.69 bits per heavy atom. The average molecular weight is 393 g/mol. The number of fused-ring (bicyclic) bond motifs is 1. The van der Waals surface area contributed by atoms with Crippen molar-refractivity contribution in [3.63, 3.8) is 0 Å². The first-order valence-electron chi connectivity index (χ1n) is 9.59. The zero-order valence-corrected chi connectivity index (χ0v) is 16.2. The highest BCUT2D eigenvalue weighted by molar-refractivity contribution is 5.92. The standard InChI is InChI=1S/C21H23N5O3/c1-15(27)24-17-6-5-16-13-23-26(19(16)12-17)14-21(29)7-10-25(11-8-21)20(28)18-4-2-3-9-22-18/h2-6,9,12-13,29H,7-8,10-11,14H2,1H3,(H,24,27). The summed E-state index contributed by atoms with van der Waals surface area (Å²) in [5.74, 6) is -0.254. The average Bonchev–Trinajstić information content (AvgIpc) is 3.10. The Bertz CT molecular complexity index is 1040. The Balaban J connectivity index is 1.46. The van der Waals surface area contributed by atoms with Gasteiger partial charge in [-0.1, -0.05) is 6.07 Å². The van der Waals surface area contributed by atoms with Crippen LogP contribution in [0.5, 0.6) is 0 Å². The Morgan fingerprint density at radius 2 is 2.00 bits per heavy atom. The number of aliphatic hydroxyl groups is 1. The van der Waals surface area contributed by atoms with Crippen LogP contribution in [0.4, 0.5) is 5.69 Å². The number of anilines is 1. The maximum Gasteiger partial charge on any atom is 0.272 e. The van der Waals surface area contributed by atoms with Gasteiger partial charge >= 0.3 is 0 Å². The fourth-order valence-corrected chi connectivity index (χ4v) is 3.69. The molecule has 150 valence electrons. The Morgan fingerprint density at radius 1 is 1.21 bits per heavy atom. The number of nitrogens with one attached hydrogen (secondary N) is 1. The van der Waals surface area contributed by atoms with Gasteiger partial charge in [0, 0.05) is 37.3 Å². The van der Waals surface area contributed by atoms with Crippen LogP contribution in [0.2, 0.25) is 0 Å². The van der Waals surface area contributed by atoms with Gasteiger partial charge in [0.05, 0.1) is 23.9 Å². The molecule has 3 heterocycles. The van der Waals surface area contributed by atoms with E-state index in [2.05, 4.69) is 15.4 Å². The van der Waals surface area contributed by atoms with E-state index in [1.54, 1.807) is 40.2 Å². The SMILES string of the molecule is CC(=O)Nc1ccc2cnn(CC3(O)CCN(C(=O)c4ccccn4)CC3)c2c1. The largest absolute Gasteiger partial charge is 0.388 e. The second kappa shape index (κ2) is 7.63. The summed E-state index contributed by atoms with van der Waals surface area (Å²) in [5, 5.41) is 19.2. The monoisotopic (exact) mass is 393 g/mol. The fourth-order valence-electron chi connectivity index (χ4n) is 3.69. The summed E-state index contributed by atoms with van der Waals surface area (Å²) in [7, 11) is 0. The van der Waals surface area contributed by atoms with Crippen LogP contribution in [-0.2, 0) is 11.3 Å². The number of carbonyl (C=O) groups excluding carboxylic acids is 2. The number of carbonyl (C=O) groups is 2. The van der Waals surface area contributed by atoms with Gasteiger partial charge in [-0.2, -0.15) is 5.10 Å². The van der Waals surface area contributed by atoms with Crippen LogP contribution >= 0.6 is 0 Å². The molecule has 1 aromatic carbocycles. The second-order valence-corrected chi connectivity index (χ2v) is 7.49. The molecule has 0 unspecified atom stereocenters. The van der Waals surface area contributed by atoms with Crippen molar-refractivity contribution in [3.8, 4) is 0 Å². The smallest absolute Gasteiger partial charge is 0.272 e. The number of aromatic nitrogens is 3. The number of piperidine rings is 1. The van der Waals surface area contributed by atoms with Crippen LogP contribution in [0, 0.1) is 0 Å². The normalized spacial score (nSPS) is 16.0. The highest BCUT2D eigenvalue weighted by Gasteiger charge is 2.35. The van der Waals surface area contributed by atoms with Gasteiger partial charge in [0.2, 0.25) is 5.91 Å². The van der Waals surface area contributed by atoms with Crippen LogP contribution < -0.4 is 5.32 Å². The number of rotatable bonds is 4. The fraction of sp³-hybridized carbons (Fsp3) is 0.333. The summed E-state index contributed by atoms with van der Waals surface area (Å²) in [5.41, 5.74) is 0.997. The van der Waals surface area contributed by atoms with Crippen LogP contribution in [0.25, 0.3) is 10.9 Å². The molecule has 3 aromatic rings. The van der Waals surface area contributed by atoms with E-state index in [1.165, 1.54) is 6.92 Å². The molecular weight excluding hydrogens is 370 g/mol. The lowest BCUT2D eigenvalue weighted by atomic mass is 9.91. The van der Waals surface area contributed by atoms with Crippen LogP contribution in [0.15, 0.2) is 48.8 Å². The van der Waals surface area contributed by atoms with E-state index in [-0.39, 0.29) is 11.8 Å². The molecular formula is C21H23N5O3. The summed E-state index contributed by atoms with van der Waals surface area (Å²) < 4.78 is 1.76. The van der Waals surface area contributed by atoms with Crippen molar-refractivity contribution in [1.29, 1.82) is 0 Å². The molecule has 1 aliphatic heterocycles. The molecule has 0 radical (unpaired) electrons. The van der Waals surface area contributed by atoms with Gasteiger partial charge < -0.3 is 15.3 Å². The van der Waals surface area contributed by atoms with Crippen molar-refractivity contribution in [2.24, 2.45) is 0 Å². The van der Waals surface area contributed by atoms with Gasteiger partial charge in [0.1, 0.15) is 5.69 Å². The summed E-state index contributed by atoms with van der Waals surface area (Å²) in [4.78, 5) is 29.7. The zero-order chi connectivity index (χ0) is 20.4. The first-order chi connectivity index (χ1) is 13.9. The van der Waals surface area contributed by atoms with E-state index < -0.39 is 5.60 Å². The molecule has 2 N–H and O–H groups in total. The molecule has 0 atom stereocenters. The van der Waals surface area contributed by atoms with E-state index in [0.717, 1.165) is 10.9 Å². The molecule has 1 aliphatic rings. The van der Waals surface area contributed by atoms with Gasteiger partial charge in [0.25, 0.3) is 5.91 Å². The maximum atomic E-state index is 12.6. The lowest BCUT2D eigenvalue weighted by molar-refractivity contribution is -0.114. The van der Waals surface area contributed by atoms with Gasteiger partial charge in [0.15, 0.2) is 0 Å². The summed E-state index contributed by atoms with van der Waals surface area (Å²) >= 11 is 0. The lowest BCUT2D eigenvalue weighted by Gasteiger charge is -2.38. The third-order valence-corrected chi connectivity index (χ3v) is 5.27. The summed E-state index contributed by atoms with van der Waals surface area (Å²) in [6, 6.07) is 10.8. The molecule has 2 aromatic heterocycles. The molecule has 1 fully saturated rings. The number of hydrogen-bond donors (Lipinski definition) is 2. The van der Waals surface area contributed by atoms with E-state index >= 15 is 0 Å². The third kappa shape index (κ3) is 4.12. The number of hydrogen-bond acceptors (Lipinski definition) is 5. The molecule has 0 saturated carbocycles. The molecule has 0 bridgehead atoms. The maximum absolute atomic E-state index is 12.6. The third-order valence-electron chi connectivity index (χ3n) is 5.27. The number of likely N-dealkylation sites (tertiary alicyclic amines) is 1. The summed E-state index contributed by atoms with van der Waals surface area (Å²) in [6.45, 7) is 2.71. The highest BCUT2D eigenvalue weighted by Crippen LogP contribution is 2.27. The van der Waals surface area contributed by atoms with Crippen molar-refractivity contribution in [2.45, 2.75) is 31.9 Å². The van der Waals surface area contributed by atoms with Crippen LogP contribution in [0.3, 0.4) is 0 Å². The van der Waals surface area contributed by atoms with Crippen LogP contribution in [0.1, 0.15) is 30.3 Å². The van der Waals surface area contributed by atoms with Crippen LogP contribution in [-0.4, -0.2) is 55.3 Å². The van der Waals surface area contributed by atoms with Crippen molar-refractivity contribution in [3.05, 3.63) is 54.5 Å². The minimum Gasteiger partial charge on any atom is -0.388 e. The number of amides is 2. The predicted molar refractivity (Wildman–Crippen MR) is 108 cm³/mol. The molecule has 8 heteroatoms. The Hall–Kier alpha value is -3.26. The van der Waals surface area contributed by atoms with Crippen molar-refractivity contribution < 1.29 is 14.7 Å². The number of nitrogens with zero attached hydrogens (tertiary/aromatic N) is 4. The minimum atomic E-state index is -0.955. The Labute approximate surface area is 168 Å². The molecule has 0 spiro atoms. The minimum absolute atomic E-state index is 0.114. The summed E-state index contributed by atoms with van der Waals surface area (Å²) in [6.07, 6.45) is 4.26. The topological polar surface area (TPSA) is 100 Å². The van der Waals surface area contributed by atoms with Crippen molar-refractivity contribution >= 4 is 28.4 Å². The number of benzene rings is 1. The van der Waals surface area contributed by atoms with E-state index in [4.69, 9.17) is 0 Å². The quantitative estimate of drug-likeness (QED) is 0.707. The first kappa shape index (κ1) is 19.1. The molecule has 0 aliphatic carbocycles. The lowest BCUT2D eigenvalue weighted by Crippen LogP contribution is -2.48. The number of pyridine rings is 1. The second-order valence-electron chi connectivity index (χ2n) is 7.49. The van der Waals surface area contributed by atoms with Crippen molar-refractivity contribution in [2.75, 3.05) is 18.4 Å².